The molecule has 0 radical (unpaired) electrons. The molecule has 6 heteroatoms. The summed E-state index contributed by atoms with van der Waals surface area (Å²) in [5.74, 6) is 0.545. The standard InChI is InChI=1S/C16H16N4OS/c1-11-7-8-12(22-11)10-17-19-16(21)9-15-18-13-5-3-4-6-14(13)20(15)2/h3-8,10H,9H2,1-2H3,(H,19,21)/b17-10-. The zero-order valence-electron chi connectivity index (χ0n) is 12.4. The number of carbonyl (C=O) groups is 1. The number of imidazole rings is 1. The summed E-state index contributed by atoms with van der Waals surface area (Å²) in [6, 6.07) is 11.8. The average Bonchev–Trinajstić information content (AvgIpc) is 3.04. The molecule has 1 aromatic carbocycles. The third-order valence-corrected chi connectivity index (χ3v) is 4.28. The molecule has 3 aromatic rings. The van der Waals surface area contributed by atoms with Gasteiger partial charge in [0.1, 0.15) is 5.82 Å². The number of thiophene rings is 1. The van der Waals surface area contributed by atoms with Crippen molar-refractivity contribution in [1.29, 1.82) is 0 Å². The largest absolute Gasteiger partial charge is 0.331 e. The number of carbonyl (C=O) groups excluding carboxylic acids is 1. The zero-order valence-corrected chi connectivity index (χ0v) is 13.2. The normalized spacial score (nSPS) is 11.4. The fourth-order valence-corrected chi connectivity index (χ4v) is 2.98. The summed E-state index contributed by atoms with van der Waals surface area (Å²) in [5.41, 5.74) is 4.45. The number of amides is 1. The molecular weight excluding hydrogens is 296 g/mol. The molecule has 22 heavy (non-hydrogen) atoms. The first-order valence-corrected chi connectivity index (χ1v) is 7.74. The molecule has 0 atom stereocenters. The highest BCUT2D eigenvalue weighted by Crippen LogP contribution is 2.14. The Balaban J connectivity index is 1.65. The molecule has 0 saturated carbocycles. The van der Waals surface area contributed by atoms with Crippen molar-refractivity contribution < 1.29 is 4.79 Å². The van der Waals surface area contributed by atoms with Gasteiger partial charge in [-0.2, -0.15) is 5.10 Å². The van der Waals surface area contributed by atoms with Crippen LogP contribution in [-0.2, 0) is 18.3 Å². The quantitative estimate of drug-likeness (QED) is 0.595. The molecule has 2 heterocycles. The Hall–Kier alpha value is -2.47. The van der Waals surface area contributed by atoms with Gasteiger partial charge in [0.15, 0.2) is 0 Å². The van der Waals surface area contributed by atoms with E-state index in [0.29, 0.717) is 0 Å². The number of rotatable bonds is 4. The highest BCUT2D eigenvalue weighted by atomic mass is 32.1. The van der Waals surface area contributed by atoms with Crippen LogP contribution in [0.1, 0.15) is 15.6 Å². The Morgan fingerprint density at radius 2 is 2.18 bits per heavy atom. The number of aryl methyl sites for hydroxylation is 2. The third kappa shape index (κ3) is 3.07. The lowest BCUT2D eigenvalue weighted by molar-refractivity contribution is -0.120. The first-order valence-electron chi connectivity index (χ1n) is 6.92. The monoisotopic (exact) mass is 312 g/mol. The fourth-order valence-electron chi connectivity index (χ4n) is 2.23. The number of hydrogen-bond donors (Lipinski definition) is 1. The van der Waals surface area contributed by atoms with Gasteiger partial charge < -0.3 is 4.57 Å². The van der Waals surface area contributed by atoms with Gasteiger partial charge in [-0.05, 0) is 31.2 Å². The van der Waals surface area contributed by atoms with E-state index < -0.39 is 0 Å². The molecule has 0 aliphatic rings. The van der Waals surface area contributed by atoms with Gasteiger partial charge in [-0.1, -0.05) is 12.1 Å². The second-order valence-electron chi connectivity index (χ2n) is 4.99. The van der Waals surface area contributed by atoms with Crippen LogP contribution in [0.15, 0.2) is 41.5 Å². The van der Waals surface area contributed by atoms with E-state index in [2.05, 4.69) is 15.5 Å². The van der Waals surface area contributed by atoms with E-state index in [-0.39, 0.29) is 12.3 Å². The molecule has 0 spiro atoms. The molecule has 1 N–H and O–H groups in total. The minimum Gasteiger partial charge on any atom is -0.331 e. The molecule has 0 bridgehead atoms. The average molecular weight is 312 g/mol. The highest BCUT2D eigenvalue weighted by molar-refractivity contribution is 7.13. The Morgan fingerprint density at radius 1 is 1.36 bits per heavy atom. The van der Waals surface area contributed by atoms with Gasteiger partial charge in [0.2, 0.25) is 5.91 Å². The molecule has 0 unspecified atom stereocenters. The van der Waals surface area contributed by atoms with Crippen LogP contribution < -0.4 is 5.43 Å². The molecule has 3 rings (SSSR count). The number of nitrogens with zero attached hydrogens (tertiary/aromatic N) is 3. The molecule has 0 fully saturated rings. The predicted octanol–water partition coefficient (Wildman–Crippen LogP) is 2.64. The van der Waals surface area contributed by atoms with E-state index in [1.165, 1.54) is 4.88 Å². The number of hydrazone groups is 1. The van der Waals surface area contributed by atoms with Gasteiger partial charge in [-0.3, -0.25) is 4.79 Å². The summed E-state index contributed by atoms with van der Waals surface area (Å²) in [5, 5.41) is 3.98. The number of aromatic nitrogens is 2. The third-order valence-electron chi connectivity index (χ3n) is 3.34. The van der Waals surface area contributed by atoms with E-state index in [1.807, 2.05) is 54.9 Å². The maximum absolute atomic E-state index is 12.0. The Morgan fingerprint density at radius 3 is 2.91 bits per heavy atom. The van der Waals surface area contributed by atoms with Crippen molar-refractivity contribution in [1.82, 2.24) is 15.0 Å². The number of fused-ring (bicyclic) bond motifs is 1. The van der Waals surface area contributed by atoms with Gasteiger partial charge in [-0.15, -0.1) is 11.3 Å². The second kappa shape index (κ2) is 6.11. The van der Waals surface area contributed by atoms with Crippen molar-refractivity contribution in [2.45, 2.75) is 13.3 Å². The lowest BCUT2D eigenvalue weighted by atomic mass is 10.3. The maximum Gasteiger partial charge on any atom is 0.247 e. The van der Waals surface area contributed by atoms with E-state index >= 15 is 0 Å². The van der Waals surface area contributed by atoms with Crippen LogP contribution >= 0.6 is 11.3 Å². The number of nitrogens with one attached hydrogen (secondary N) is 1. The molecular formula is C16H16N4OS. The number of benzene rings is 1. The smallest absolute Gasteiger partial charge is 0.247 e. The first-order chi connectivity index (χ1) is 10.6. The summed E-state index contributed by atoms with van der Waals surface area (Å²) in [7, 11) is 1.91. The maximum atomic E-state index is 12.0. The van der Waals surface area contributed by atoms with E-state index in [1.54, 1.807) is 17.6 Å². The second-order valence-corrected chi connectivity index (χ2v) is 6.31. The van der Waals surface area contributed by atoms with E-state index in [9.17, 15) is 4.79 Å². The summed E-state index contributed by atoms with van der Waals surface area (Å²) in [6.07, 6.45) is 1.86. The summed E-state index contributed by atoms with van der Waals surface area (Å²) in [4.78, 5) is 18.7. The molecule has 112 valence electrons. The van der Waals surface area contributed by atoms with Crippen LogP contribution in [-0.4, -0.2) is 21.7 Å². The highest BCUT2D eigenvalue weighted by Gasteiger charge is 2.10. The fraction of sp³-hybridized carbons (Fsp3) is 0.188. The van der Waals surface area contributed by atoms with Crippen LogP contribution in [0.3, 0.4) is 0 Å². The Kier molecular flexibility index (Phi) is 4.02. The molecule has 5 nitrogen and oxygen atoms in total. The van der Waals surface area contributed by atoms with Crippen molar-refractivity contribution >= 4 is 34.5 Å². The molecule has 0 aliphatic heterocycles. The van der Waals surface area contributed by atoms with Crippen molar-refractivity contribution in [3.63, 3.8) is 0 Å². The number of hydrogen-bond acceptors (Lipinski definition) is 4. The van der Waals surface area contributed by atoms with E-state index in [4.69, 9.17) is 0 Å². The van der Waals surface area contributed by atoms with Gasteiger partial charge in [0.25, 0.3) is 0 Å². The topological polar surface area (TPSA) is 59.3 Å². The van der Waals surface area contributed by atoms with Crippen LogP contribution in [0, 0.1) is 6.92 Å². The Labute approximate surface area is 132 Å². The minimum atomic E-state index is -0.178. The molecule has 2 aromatic heterocycles. The summed E-state index contributed by atoms with van der Waals surface area (Å²) < 4.78 is 1.93. The summed E-state index contributed by atoms with van der Waals surface area (Å²) in [6.45, 7) is 2.03. The zero-order chi connectivity index (χ0) is 15.5. The number of para-hydroxylation sites is 2. The summed E-state index contributed by atoms with van der Waals surface area (Å²) >= 11 is 1.63. The Bertz CT molecular complexity index is 847. The lowest BCUT2D eigenvalue weighted by Crippen LogP contribution is -2.21. The predicted molar refractivity (Wildman–Crippen MR) is 89.2 cm³/mol. The van der Waals surface area contributed by atoms with Crippen molar-refractivity contribution in [3.8, 4) is 0 Å². The van der Waals surface area contributed by atoms with Gasteiger partial charge in [0.05, 0.1) is 23.7 Å². The van der Waals surface area contributed by atoms with Crippen LogP contribution in [0.4, 0.5) is 0 Å². The lowest BCUT2D eigenvalue weighted by Gasteiger charge is -2.01. The van der Waals surface area contributed by atoms with Crippen molar-refractivity contribution in [2.75, 3.05) is 0 Å². The van der Waals surface area contributed by atoms with Crippen LogP contribution in [0.5, 0.6) is 0 Å². The minimum absolute atomic E-state index is 0.178. The molecule has 1 amide bonds. The molecule has 0 aliphatic carbocycles. The first kappa shape index (κ1) is 14.5. The van der Waals surface area contributed by atoms with Gasteiger partial charge in [0, 0.05) is 16.8 Å². The van der Waals surface area contributed by atoms with Gasteiger partial charge in [-0.25, -0.2) is 10.4 Å². The van der Waals surface area contributed by atoms with Crippen LogP contribution in [0.2, 0.25) is 0 Å². The van der Waals surface area contributed by atoms with E-state index in [0.717, 1.165) is 21.7 Å². The van der Waals surface area contributed by atoms with Gasteiger partial charge >= 0.3 is 0 Å². The van der Waals surface area contributed by atoms with Crippen molar-refractivity contribution in [2.24, 2.45) is 12.1 Å². The van der Waals surface area contributed by atoms with Crippen LogP contribution in [0.25, 0.3) is 11.0 Å². The molecule has 0 saturated heterocycles. The SMILES string of the molecule is Cc1ccc(/C=N\NC(=O)Cc2nc3ccccc3n2C)s1. The van der Waals surface area contributed by atoms with Crippen molar-refractivity contribution in [3.05, 3.63) is 52.0 Å².